The zero-order chi connectivity index (χ0) is 38.7. The zero-order valence-corrected chi connectivity index (χ0v) is 32.0. The molecule has 0 heterocycles. The lowest BCUT2D eigenvalue weighted by atomic mass is 9.93. The molecular formula is C56H40N2. The lowest BCUT2D eigenvalue weighted by molar-refractivity contribution is 1.30. The van der Waals surface area contributed by atoms with Crippen molar-refractivity contribution in [2.45, 2.75) is 0 Å². The van der Waals surface area contributed by atoms with Crippen molar-refractivity contribution in [3.63, 3.8) is 0 Å². The van der Waals surface area contributed by atoms with Gasteiger partial charge in [-0.25, -0.2) is 0 Å². The van der Waals surface area contributed by atoms with Gasteiger partial charge in [0.25, 0.3) is 0 Å². The predicted octanol–water partition coefficient (Wildman–Crippen LogP) is 15.9. The first-order valence-corrected chi connectivity index (χ1v) is 19.8. The number of rotatable bonds is 9. The van der Waals surface area contributed by atoms with Crippen LogP contribution in [-0.2, 0) is 0 Å². The van der Waals surface area contributed by atoms with Crippen LogP contribution >= 0.6 is 0 Å². The Labute approximate surface area is 340 Å². The summed E-state index contributed by atoms with van der Waals surface area (Å²) in [6.07, 6.45) is 0. The Morgan fingerprint density at radius 3 is 0.931 bits per heavy atom. The van der Waals surface area contributed by atoms with Crippen LogP contribution in [0.4, 0.5) is 34.1 Å². The Balaban J connectivity index is 1.05. The largest absolute Gasteiger partial charge is 0.310 e. The summed E-state index contributed by atoms with van der Waals surface area (Å²) in [7, 11) is 0. The van der Waals surface area contributed by atoms with Gasteiger partial charge in [0.2, 0.25) is 0 Å². The van der Waals surface area contributed by atoms with E-state index in [1.54, 1.807) is 0 Å². The Morgan fingerprint density at radius 1 is 0.207 bits per heavy atom. The van der Waals surface area contributed by atoms with E-state index in [9.17, 15) is 0 Å². The number of hydrogen-bond acceptors (Lipinski definition) is 2. The fourth-order valence-electron chi connectivity index (χ4n) is 8.18. The molecular weight excluding hydrogens is 701 g/mol. The molecule has 0 spiro atoms. The molecule has 0 unspecified atom stereocenters. The number of anilines is 6. The standard InChI is InChI=1S/C56H40N2/c1-4-16-41(17-5-1)46-38-47(42-30-34-51(35-31-42)57(49-22-6-2-7-23-49)55-28-14-20-44-18-10-12-26-53(44)55)40-48(39-46)43-32-36-52(37-33-43)58(50-24-8-3-9-25-50)56-29-15-21-45-19-11-13-27-54(45)56/h1-40H. The monoisotopic (exact) mass is 740 g/mol. The van der Waals surface area contributed by atoms with Gasteiger partial charge in [-0.15, -0.1) is 0 Å². The minimum absolute atomic E-state index is 1.11. The topological polar surface area (TPSA) is 6.48 Å². The lowest BCUT2D eigenvalue weighted by Gasteiger charge is -2.27. The van der Waals surface area contributed by atoms with Gasteiger partial charge in [-0.1, -0.05) is 164 Å². The highest BCUT2D eigenvalue weighted by Crippen LogP contribution is 2.42. The highest BCUT2D eigenvalue weighted by molar-refractivity contribution is 6.00. The van der Waals surface area contributed by atoms with Crippen LogP contribution in [0.25, 0.3) is 54.9 Å². The molecule has 2 nitrogen and oxygen atoms in total. The maximum absolute atomic E-state index is 2.36. The molecule has 0 saturated heterocycles. The van der Waals surface area contributed by atoms with Gasteiger partial charge in [-0.05, 0) is 123 Å². The molecule has 0 aliphatic rings. The van der Waals surface area contributed by atoms with Crippen molar-refractivity contribution in [2.75, 3.05) is 9.80 Å². The first-order valence-electron chi connectivity index (χ1n) is 19.8. The minimum atomic E-state index is 1.11. The second kappa shape index (κ2) is 15.5. The number of benzene rings is 10. The van der Waals surface area contributed by atoms with Crippen molar-refractivity contribution in [3.8, 4) is 33.4 Å². The molecule has 0 N–H and O–H groups in total. The highest BCUT2D eigenvalue weighted by atomic mass is 15.1. The Morgan fingerprint density at radius 2 is 0.517 bits per heavy atom. The van der Waals surface area contributed by atoms with E-state index >= 15 is 0 Å². The molecule has 0 radical (unpaired) electrons. The van der Waals surface area contributed by atoms with Crippen LogP contribution in [0.3, 0.4) is 0 Å². The third-order valence-corrected chi connectivity index (χ3v) is 11.0. The molecule has 58 heavy (non-hydrogen) atoms. The van der Waals surface area contributed by atoms with Crippen molar-refractivity contribution < 1.29 is 0 Å². The molecule has 0 aromatic heterocycles. The molecule has 0 fully saturated rings. The summed E-state index contributed by atoms with van der Waals surface area (Å²) in [4.78, 5) is 4.72. The van der Waals surface area contributed by atoms with Crippen LogP contribution in [0.1, 0.15) is 0 Å². The second-order valence-corrected chi connectivity index (χ2v) is 14.6. The van der Waals surface area contributed by atoms with E-state index in [1.807, 2.05) is 0 Å². The average molecular weight is 741 g/mol. The summed E-state index contributed by atoms with van der Waals surface area (Å²) < 4.78 is 0. The molecule has 10 aromatic rings. The molecule has 10 rings (SSSR count). The molecule has 274 valence electrons. The first kappa shape index (κ1) is 34.8. The van der Waals surface area contributed by atoms with Gasteiger partial charge >= 0.3 is 0 Å². The van der Waals surface area contributed by atoms with Gasteiger partial charge < -0.3 is 9.80 Å². The predicted molar refractivity (Wildman–Crippen MR) is 247 cm³/mol. The van der Waals surface area contributed by atoms with Crippen LogP contribution in [0.5, 0.6) is 0 Å². The summed E-state index contributed by atoms with van der Waals surface area (Å²) in [6, 6.07) is 87.3. The summed E-state index contributed by atoms with van der Waals surface area (Å²) in [5, 5.41) is 4.87. The van der Waals surface area contributed by atoms with E-state index in [2.05, 4.69) is 252 Å². The number of hydrogen-bond donors (Lipinski definition) is 0. The number of nitrogens with zero attached hydrogens (tertiary/aromatic N) is 2. The molecule has 0 amide bonds. The Hall–Kier alpha value is -7.68. The maximum Gasteiger partial charge on any atom is 0.0540 e. The molecule has 0 aliphatic carbocycles. The van der Waals surface area contributed by atoms with E-state index < -0.39 is 0 Å². The minimum Gasteiger partial charge on any atom is -0.310 e. The third kappa shape index (κ3) is 6.78. The van der Waals surface area contributed by atoms with E-state index in [-0.39, 0.29) is 0 Å². The summed E-state index contributed by atoms with van der Waals surface area (Å²) in [5.41, 5.74) is 13.8. The van der Waals surface area contributed by atoms with Crippen molar-refractivity contribution in [2.24, 2.45) is 0 Å². The fraction of sp³-hybridized carbons (Fsp3) is 0. The quantitative estimate of drug-likeness (QED) is 0.145. The van der Waals surface area contributed by atoms with Gasteiger partial charge in [0.05, 0.1) is 11.4 Å². The molecule has 2 heteroatoms. The second-order valence-electron chi connectivity index (χ2n) is 14.6. The van der Waals surface area contributed by atoms with E-state index in [0.717, 1.165) is 45.3 Å². The molecule has 10 aromatic carbocycles. The number of para-hydroxylation sites is 2. The lowest BCUT2D eigenvalue weighted by Crippen LogP contribution is -2.10. The normalized spacial score (nSPS) is 11.1. The number of fused-ring (bicyclic) bond motifs is 2. The third-order valence-electron chi connectivity index (χ3n) is 11.0. The Bertz CT molecular complexity index is 2780. The van der Waals surface area contributed by atoms with Gasteiger partial charge in [-0.2, -0.15) is 0 Å². The summed E-state index contributed by atoms with van der Waals surface area (Å²) in [6.45, 7) is 0. The van der Waals surface area contributed by atoms with E-state index in [0.29, 0.717) is 0 Å². The smallest absolute Gasteiger partial charge is 0.0540 e. The molecule has 0 atom stereocenters. The summed E-state index contributed by atoms with van der Waals surface area (Å²) in [5.74, 6) is 0. The van der Waals surface area contributed by atoms with Gasteiger partial charge in [0.15, 0.2) is 0 Å². The van der Waals surface area contributed by atoms with Crippen molar-refractivity contribution in [1.29, 1.82) is 0 Å². The summed E-state index contributed by atoms with van der Waals surface area (Å²) >= 11 is 0. The molecule has 0 aliphatic heterocycles. The van der Waals surface area contributed by atoms with E-state index in [1.165, 1.54) is 43.8 Å². The molecule has 0 saturated carbocycles. The fourth-order valence-corrected chi connectivity index (χ4v) is 8.18. The van der Waals surface area contributed by atoms with Crippen molar-refractivity contribution in [3.05, 3.63) is 243 Å². The van der Waals surface area contributed by atoms with Gasteiger partial charge in [-0.3, -0.25) is 0 Å². The van der Waals surface area contributed by atoms with Gasteiger partial charge in [0, 0.05) is 33.5 Å². The molecule has 0 bridgehead atoms. The van der Waals surface area contributed by atoms with Crippen LogP contribution in [0.15, 0.2) is 243 Å². The van der Waals surface area contributed by atoms with Crippen LogP contribution < -0.4 is 9.80 Å². The van der Waals surface area contributed by atoms with Gasteiger partial charge in [0.1, 0.15) is 0 Å². The highest BCUT2D eigenvalue weighted by Gasteiger charge is 2.18. The van der Waals surface area contributed by atoms with Crippen LogP contribution in [0, 0.1) is 0 Å². The van der Waals surface area contributed by atoms with Crippen molar-refractivity contribution >= 4 is 55.7 Å². The van der Waals surface area contributed by atoms with Crippen molar-refractivity contribution in [1.82, 2.24) is 0 Å². The SMILES string of the molecule is c1ccc(-c2cc(-c3ccc(N(c4ccccc4)c4cccc5ccccc45)cc3)cc(-c3ccc(N(c4ccccc4)c4cccc5ccccc45)cc3)c2)cc1. The maximum atomic E-state index is 2.36. The van der Waals surface area contributed by atoms with E-state index in [4.69, 9.17) is 0 Å². The zero-order valence-electron chi connectivity index (χ0n) is 32.0. The first-order chi connectivity index (χ1) is 28.8. The van der Waals surface area contributed by atoms with Crippen LogP contribution in [-0.4, -0.2) is 0 Å². The van der Waals surface area contributed by atoms with Crippen LogP contribution in [0.2, 0.25) is 0 Å². The average Bonchev–Trinajstić information content (AvgIpc) is 3.31. The Kier molecular flexibility index (Phi) is 9.27.